The van der Waals surface area contributed by atoms with Gasteiger partial charge in [0.05, 0.1) is 6.33 Å². The molecule has 6 nitrogen and oxygen atoms in total. The number of nitrogens with two attached hydrogens (primary N) is 1. The van der Waals surface area contributed by atoms with E-state index in [-0.39, 0.29) is 12.1 Å². The SMILES string of the molecule is CC(N)C(C)NC(Cc1cnc[nH]1)C(=O)O. The van der Waals surface area contributed by atoms with E-state index in [4.69, 9.17) is 10.8 Å². The molecule has 3 atom stereocenters. The van der Waals surface area contributed by atoms with Gasteiger partial charge in [0.15, 0.2) is 0 Å². The van der Waals surface area contributed by atoms with Gasteiger partial charge >= 0.3 is 5.97 Å². The molecule has 90 valence electrons. The topological polar surface area (TPSA) is 104 Å². The zero-order chi connectivity index (χ0) is 12.1. The summed E-state index contributed by atoms with van der Waals surface area (Å²) >= 11 is 0. The Morgan fingerprint density at radius 3 is 2.81 bits per heavy atom. The van der Waals surface area contributed by atoms with Crippen molar-refractivity contribution in [2.75, 3.05) is 0 Å². The predicted octanol–water partition coefficient (Wildman–Crippen LogP) is -0.269. The zero-order valence-corrected chi connectivity index (χ0v) is 9.47. The highest BCUT2D eigenvalue weighted by Crippen LogP contribution is 2.01. The van der Waals surface area contributed by atoms with Crippen LogP contribution in [0.15, 0.2) is 12.5 Å². The lowest BCUT2D eigenvalue weighted by Gasteiger charge is -2.22. The fourth-order valence-electron chi connectivity index (χ4n) is 1.30. The Labute approximate surface area is 94.3 Å². The van der Waals surface area contributed by atoms with Gasteiger partial charge in [-0.3, -0.25) is 4.79 Å². The summed E-state index contributed by atoms with van der Waals surface area (Å²) in [4.78, 5) is 17.8. The van der Waals surface area contributed by atoms with Crippen LogP contribution in [0.25, 0.3) is 0 Å². The van der Waals surface area contributed by atoms with Crippen molar-refractivity contribution < 1.29 is 9.90 Å². The summed E-state index contributed by atoms with van der Waals surface area (Å²) in [5.41, 5.74) is 6.47. The van der Waals surface area contributed by atoms with E-state index in [1.165, 1.54) is 6.33 Å². The number of nitrogens with zero attached hydrogens (tertiary/aromatic N) is 1. The summed E-state index contributed by atoms with van der Waals surface area (Å²) in [6, 6.07) is -0.797. The number of carboxylic acids is 1. The van der Waals surface area contributed by atoms with Crippen LogP contribution in [0.4, 0.5) is 0 Å². The van der Waals surface area contributed by atoms with E-state index in [0.717, 1.165) is 5.69 Å². The first-order valence-electron chi connectivity index (χ1n) is 5.22. The highest BCUT2D eigenvalue weighted by atomic mass is 16.4. The summed E-state index contributed by atoms with van der Waals surface area (Å²) in [5, 5.41) is 12.0. The van der Waals surface area contributed by atoms with Crippen molar-refractivity contribution in [2.24, 2.45) is 5.73 Å². The molecule has 0 amide bonds. The molecule has 0 aliphatic rings. The minimum absolute atomic E-state index is 0.0518. The predicted molar refractivity (Wildman–Crippen MR) is 60.0 cm³/mol. The van der Waals surface area contributed by atoms with Crippen LogP contribution in [-0.2, 0) is 11.2 Å². The number of carboxylic acid groups (broad SMARTS) is 1. The van der Waals surface area contributed by atoms with Crippen molar-refractivity contribution in [3.63, 3.8) is 0 Å². The Balaban J connectivity index is 2.58. The van der Waals surface area contributed by atoms with E-state index >= 15 is 0 Å². The molecule has 16 heavy (non-hydrogen) atoms. The first kappa shape index (κ1) is 12.7. The number of hydrogen-bond acceptors (Lipinski definition) is 4. The number of H-pyrrole nitrogens is 1. The molecule has 0 bridgehead atoms. The van der Waals surface area contributed by atoms with Crippen LogP contribution in [0.2, 0.25) is 0 Å². The van der Waals surface area contributed by atoms with Crippen LogP contribution in [0, 0.1) is 0 Å². The number of imidazole rings is 1. The van der Waals surface area contributed by atoms with Crippen LogP contribution in [0.1, 0.15) is 19.5 Å². The first-order valence-corrected chi connectivity index (χ1v) is 5.22. The zero-order valence-electron chi connectivity index (χ0n) is 9.47. The van der Waals surface area contributed by atoms with E-state index in [1.54, 1.807) is 6.20 Å². The monoisotopic (exact) mass is 226 g/mol. The Hall–Kier alpha value is -1.40. The average molecular weight is 226 g/mol. The van der Waals surface area contributed by atoms with Crippen LogP contribution >= 0.6 is 0 Å². The van der Waals surface area contributed by atoms with Crippen LogP contribution < -0.4 is 11.1 Å². The van der Waals surface area contributed by atoms with E-state index in [0.29, 0.717) is 6.42 Å². The van der Waals surface area contributed by atoms with E-state index in [1.807, 2.05) is 13.8 Å². The molecule has 0 fully saturated rings. The molecular formula is C10H18N4O2. The Morgan fingerprint density at radius 2 is 2.38 bits per heavy atom. The molecule has 1 rings (SSSR count). The smallest absolute Gasteiger partial charge is 0.321 e. The number of nitrogens with one attached hydrogen (secondary N) is 2. The van der Waals surface area contributed by atoms with Crippen molar-refractivity contribution in [1.29, 1.82) is 0 Å². The Bertz CT molecular complexity index is 324. The maximum Gasteiger partial charge on any atom is 0.321 e. The number of carbonyl (C=O) groups is 1. The second-order valence-electron chi connectivity index (χ2n) is 3.99. The largest absolute Gasteiger partial charge is 0.480 e. The molecule has 0 saturated heterocycles. The van der Waals surface area contributed by atoms with E-state index in [9.17, 15) is 4.79 Å². The van der Waals surface area contributed by atoms with Gasteiger partial charge in [-0.25, -0.2) is 4.98 Å². The second kappa shape index (κ2) is 5.62. The Morgan fingerprint density at radius 1 is 1.69 bits per heavy atom. The van der Waals surface area contributed by atoms with Gasteiger partial charge < -0.3 is 21.1 Å². The van der Waals surface area contributed by atoms with Gasteiger partial charge in [0.2, 0.25) is 0 Å². The van der Waals surface area contributed by atoms with E-state index < -0.39 is 12.0 Å². The molecular weight excluding hydrogens is 208 g/mol. The number of rotatable bonds is 6. The van der Waals surface area contributed by atoms with Gasteiger partial charge in [0.1, 0.15) is 6.04 Å². The summed E-state index contributed by atoms with van der Waals surface area (Å²) in [5.74, 6) is -0.887. The summed E-state index contributed by atoms with van der Waals surface area (Å²) in [6.45, 7) is 3.71. The molecule has 0 aliphatic carbocycles. The van der Waals surface area contributed by atoms with Gasteiger partial charge in [-0.1, -0.05) is 0 Å². The lowest BCUT2D eigenvalue weighted by molar-refractivity contribution is -0.139. The molecule has 0 saturated carbocycles. The van der Waals surface area contributed by atoms with Crippen molar-refractivity contribution in [1.82, 2.24) is 15.3 Å². The third kappa shape index (κ3) is 3.63. The van der Waals surface area contributed by atoms with Crippen molar-refractivity contribution >= 4 is 5.97 Å². The van der Waals surface area contributed by atoms with Gasteiger partial charge in [-0.2, -0.15) is 0 Å². The third-order valence-corrected chi connectivity index (χ3v) is 2.53. The maximum atomic E-state index is 11.0. The molecule has 3 unspecified atom stereocenters. The van der Waals surface area contributed by atoms with E-state index in [2.05, 4.69) is 15.3 Å². The summed E-state index contributed by atoms with van der Waals surface area (Å²) in [6.07, 6.45) is 3.52. The van der Waals surface area contributed by atoms with Gasteiger partial charge in [-0.15, -0.1) is 0 Å². The number of aromatic amines is 1. The molecule has 6 heteroatoms. The van der Waals surface area contributed by atoms with Gasteiger partial charge in [0.25, 0.3) is 0 Å². The maximum absolute atomic E-state index is 11.0. The summed E-state index contributed by atoms with van der Waals surface area (Å²) < 4.78 is 0. The minimum atomic E-state index is -0.887. The van der Waals surface area contributed by atoms with Crippen molar-refractivity contribution in [3.05, 3.63) is 18.2 Å². The van der Waals surface area contributed by atoms with Crippen molar-refractivity contribution in [3.8, 4) is 0 Å². The Kier molecular flexibility index (Phi) is 4.45. The number of aliphatic carboxylic acids is 1. The van der Waals surface area contributed by atoms with Crippen LogP contribution in [0.3, 0.4) is 0 Å². The second-order valence-corrected chi connectivity index (χ2v) is 3.99. The summed E-state index contributed by atoms with van der Waals surface area (Å²) in [7, 11) is 0. The lowest BCUT2D eigenvalue weighted by atomic mass is 10.1. The van der Waals surface area contributed by atoms with Gasteiger partial charge in [-0.05, 0) is 13.8 Å². The molecule has 1 aromatic rings. The fraction of sp³-hybridized carbons (Fsp3) is 0.600. The molecule has 1 aromatic heterocycles. The van der Waals surface area contributed by atoms with Crippen LogP contribution in [-0.4, -0.2) is 39.2 Å². The molecule has 0 aliphatic heterocycles. The standard InChI is InChI=1S/C10H18N4O2/c1-6(11)7(2)14-9(10(15)16)3-8-4-12-5-13-8/h4-7,9,14H,3,11H2,1-2H3,(H,12,13)(H,15,16). The lowest BCUT2D eigenvalue weighted by Crippen LogP contribution is -2.50. The molecule has 5 N–H and O–H groups in total. The molecule has 1 heterocycles. The first-order chi connectivity index (χ1) is 7.50. The third-order valence-electron chi connectivity index (χ3n) is 2.53. The highest BCUT2D eigenvalue weighted by molar-refractivity contribution is 5.73. The normalized spacial score (nSPS) is 16.7. The number of hydrogen-bond donors (Lipinski definition) is 4. The molecule has 0 spiro atoms. The fourth-order valence-corrected chi connectivity index (χ4v) is 1.30. The van der Waals surface area contributed by atoms with Gasteiger partial charge in [0, 0.05) is 30.4 Å². The van der Waals surface area contributed by atoms with Crippen LogP contribution in [0.5, 0.6) is 0 Å². The van der Waals surface area contributed by atoms with Crippen molar-refractivity contribution in [2.45, 2.75) is 38.4 Å². The quantitative estimate of drug-likeness (QED) is 0.534. The highest BCUT2D eigenvalue weighted by Gasteiger charge is 2.21. The average Bonchev–Trinajstić information content (AvgIpc) is 2.68. The number of aromatic nitrogens is 2. The minimum Gasteiger partial charge on any atom is -0.480 e. The molecule has 0 aromatic carbocycles. The molecule has 0 radical (unpaired) electrons.